The second-order valence-corrected chi connectivity index (χ2v) is 4.44. The van der Waals surface area contributed by atoms with Crippen LogP contribution in [-0.4, -0.2) is 15.5 Å². The molecule has 0 saturated carbocycles. The first-order valence-electron chi connectivity index (χ1n) is 4.75. The van der Waals surface area contributed by atoms with Crippen LogP contribution in [0.1, 0.15) is 12.8 Å². The van der Waals surface area contributed by atoms with Crippen LogP contribution in [0.4, 0.5) is 0 Å². The molecule has 0 aromatic heterocycles. The van der Waals surface area contributed by atoms with Gasteiger partial charge in [-0.3, -0.25) is 4.79 Å². The molecular formula is C10H10N2O3S. The third kappa shape index (κ3) is 2.53. The Hall–Kier alpha value is -1.53. The number of rotatable bonds is 2. The topological polar surface area (TPSA) is 73.8 Å². The van der Waals surface area contributed by atoms with Gasteiger partial charge < -0.3 is 14.7 Å². The van der Waals surface area contributed by atoms with E-state index in [1.54, 1.807) is 0 Å². The SMILES string of the molecule is O=C(NC1=CC=CCC1)C1=NOC=C[S+]1[O-]. The molecule has 1 N–H and O–H groups in total. The zero-order valence-electron chi connectivity index (χ0n) is 8.38. The first-order chi connectivity index (χ1) is 7.77. The predicted octanol–water partition coefficient (Wildman–Crippen LogP) is 0.900. The van der Waals surface area contributed by atoms with Gasteiger partial charge in [0.2, 0.25) is 0 Å². The Bertz CT molecular complexity index is 412. The molecule has 0 radical (unpaired) electrons. The number of allylic oxidation sites excluding steroid dienone is 4. The molecule has 84 valence electrons. The molecule has 1 aliphatic heterocycles. The highest BCUT2D eigenvalue weighted by molar-refractivity contribution is 8.10. The summed E-state index contributed by atoms with van der Waals surface area (Å²) in [5, 5.41) is 7.26. The average molecular weight is 238 g/mol. The van der Waals surface area contributed by atoms with Gasteiger partial charge in [-0.05, 0) is 24.1 Å². The van der Waals surface area contributed by atoms with E-state index >= 15 is 0 Å². The monoisotopic (exact) mass is 238 g/mol. The second kappa shape index (κ2) is 5.00. The van der Waals surface area contributed by atoms with E-state index in [0.717, 1.165) is 18.5 Å². The molecule has 0 bridgehead atoms. The van der Waals surface area contributed by atoms with Crippen molar-refractivity contribution in [3.8, 4) is 0 Å². The van der Waals surface area contributed by atoms with Crippen LogP contribution < -0.4 is 5.32 Å². The summed E-state index contributed by atoms with van der Waals surface area (Å²) in [4.78, 5) is 16.2. The molecule has 0 spiro atoms. The van der Waals surface area contributed by atoms with Gasteiger partial charge >= 0.3 is 11.0 Å². The fraction of sp³-hybridized carbons (Fsp3) is 0.200. The molecule has 5 nitrogen and oxygen atoms in total. The van der Waals surface area contributed by atoms with Gasteiger partial charge in [-0.25, -0.2) is 0 Å². The van der Waals surface area contributed by atoms with Gasteiger partial charge in [-0.15, -0.1) is 0 Å². The smallest absolute Gasteiger partial charge is 0.348 e. The van der Waals surface area contributed by atoms with Crippen LogP contribution in [-0.2, 0) is 20.8 Å². The van der Waals surface area contributed by atoms with E-state index in [1.165, 1.54) is 11.7 Å². The molecule has 1 amide bonds. The number of hydrogen-bond acceptors (Lipinski definition) is 4. The fourth-order valence-electron chi connectivity index (χ4n) is 1.29. The summed E-state index contributed by atoms with van der Waals surface area (Å²) in [6.45, 7) is 0. The van der Waals surface area contributed by atoms with Crippen LogP contribution in [0.3, 0.4) is 0 Å². The molecule has 0 saturated heterocycles. The standard InChI is InChI=1S/C10H10N2O3S/c13-9(10-12-15-6-7-16(10)14)11-8-4-2-1-3-5-8/h1-2,4,6-7H,3,5H2,(H,11,13). The van der Waals surface area contributed by atoms with Gasteiger partial charge in [0.05, 0.1) is 0 Å². The van der Waals surface area contributed by atoms with E-state index in [4.69, 9.17) is 0 Å². The van der Waals surface area contributed by atoms with Crippen LogP contribution in [0, 0.1) is 0 Å². The summed E-state index contributed by atoms with van der Waals surface area (Å²) >= 11 is -1.53. The molecule has 1 aliphatic carbocycles. The number of nitrogens with zero attached hydrogens (tertiary/aromatic N) is 1. The third-order valence-corrected chi connectivity index (χ3v) is 3.05. The van der Waals surface area contributed by atoms with Gasteiger partial charge in [0.25, 0.3) is 0 Å². The van der Waals surface area contributed by atoms with Crippen LogP contribution >= 0.6 is 0 Å². The van der Waals surface area contributed by atoms with Gasteiger partial charge in [0.15, 0.2) is 11.7 Å². The molecule has 2 aliphatic rings. The Balaban J connectivity index is 2.00. The van der Waals surface area contributed by atoms with Gasteiger partial charge in [0.1, 0.15) is 0 Å². The van der Waals surface area contributed by atoms with E-state index in [-0.39, 0.29) is 5.04 Å². The van der Waals surface area contributed by atoms with Crippen molar-refractivity contribution in [1.82, 2.24) is 5.32 Å². The minimum atomic E-state index is -1.53. The Kier molecular flexibility index (Phi) is 3.43. The number of hydrogen-bond donors (Lipinski definition) is 1. The maximum Gasteiger partial charge on any atom is 0.348 e. The minimum Gasteiger partial charge on any atom is -0.605 e. The van der Waals surface area contributed by atoms with E-state index in [0.29, 0.717) is 0 Å². The lowest BCUT2D eigenvalue weighted by atomic mass is 10.1. The van der Waals surface area contributed by atoms with E-state index in [2.05, 4.69) is 15.3 Å². The molecule has 0 fully saturated rings. The van der Waals surface area contributed by atoms with Crippen molar-refractivity contribution >= 4 is 22.1 Å². The highest BCUT2D eigenvalue weighted by Crippen LogP contribution is 2.10. The molecule has 0 aromatic carbocycles. The molecule has 6 heteroatoms. The fourth-order valence-corrected chi connectivity index (χ4v) is 1.92. The number of amides is 1. The average Bonchev–Trinajstić information content (AvgIpc) is 2.31. The second-order valence-electron chi connectivity index (χ2n) is 3.18. The third-order valence-electron chi connectivity index (χ3n) is 2.05. The lowest BCUT2D eigenvalue weighted by molar-refractivity contribution is -0.114. The maximum atomic E-state index is 11.7. The molecule has 1 heterocycles. The predicted molar refractivity (Wildman–Crippen MR) is 60.4 cm³/mol. The molecule has 16 heavy (non-hydrogen) atoms. The molecule has 1 unspecified atom stereocenters. The summed E-state index contributed by atoms with van der Waals surface area (Å²) in [5.41, 5.74) is 0.793. The summed E-state index contributed by atoms with van der Waals surface area (Å²) in [5.74, 6) is -0.482. The number of oxime groups is 1. The summed E-state index contributed by atoms with van der Waals surface area (Å²) in [7, 11) is 0. The number of nitrogens with one attached hydrogen (secondary N) is 1. The maximum absolute atomic E-state index is 11.7. The Morgan fingerprint density at radius 2 is 2.50 bits per heavy atom. The van der Waals surface area contributed by atoms with Crippen LogP contribution in [0.25, 0.3) is 0 Å². The molecule has 2 rings (SSSR count). The van der Waals surface area contributed by atoms with Crippen molar-refractivity contribution < 1.29 is 14.2 Å². The zero-order valence-corrected chi connectivity index (χ0v) is 9.20. The minimum absolute atomic E-state index is 0.113. The van der Waals surface area contributed by atoms with Crippen LogP contribution in [0.5, 0.6) is 0 Å². The highest BCUT2D eigenvalue weighted by atomic mass is 32.2. The van der Waals surface area contributed by atoms with Crippen molar-refractivity contribution in [3.63, 3.8) is 0 Å². The van der Waals surface area contributed by atoms with Crippen LogP contribution in [0.2, 0.25) is 0 Å². The van der Waals surface area contributed by atoms with Crippen molar-refractivity contribution in [2.24, 2.45) is 5.16 Å². The van der Waals surface area contributed by atoms with Gasteiger partial charge in [-0.1, -0.05) is 12.2 Å². The van der Waals surface area contributed by atoms with Gasteiger partial charge in [-0.2, -0.15) is 0 Å². The van der Waals surface area contributed by atoms with Crippen LogP contribution in [0.15, 0.2) is 40.8 Å². The molecule has 0 aromatic rings. The van der Waals surface area contributed by atoms with Crippen molar-refractivity contribution in [1.29, 1.82) is 0 Å². The Labute approximate surface area is 95.7 Å². The zero-order chi connectivity index (χ0) is 11.4. The normalized spacial score (nSPS) is 23.2. The Morgan fingerprint density at radius 3 is 3.19 bits per heavy atom. The Morgan fingerprint density at radius 1 is 1.62 bits per heavy atom. The summed E-state index contributed by atoms with van der Waals surface area (Å²) in [6, 6.07) is 0. The number of carbonyl (C=O) groups is 1. The van der Waals surface area contributed by atoms with Gasteiger partial charge in [0, 0.05) is 16.9 Å². The van der Waals surface area contributed by atoms with Crippen molar-refractivity contribution in [2.75, 3.05) is 0 Å². The first kappa shape index (κ1) is 11.0. The van der Waals surface area contributed by atoms with E-state index < -0.39 is 17.1 Å². The highest BCUT2D eigenvalue weighted by Gasteiger charge is 2.28. The lowest BCUT2D eigenvalue weighted by Gasteiger charge is -2.13. The quantitative estimate of drug-likeness (QED) is 0.726. The summed E-state index contributed by atoms with van der Waals surface area (Å²) in [6.07, 6.45) is 8.53. The lowest BCUT2D eigenvalue weighted by Crippen LogP contribution is -2.35. The first-order valence-corrected chi connectivity index (χ1v) is 5.97. The largest absolute Gasteiger partial charge is 0.605 e. The molecular weight excluding hydrogens is 228 g/mol. The molecule has 1 atom stereocenters. The van der Waals surface area contributed by atoms with E-state index in [1.807, 2.05) is 18.2 Å². The van der Waals surface area contributed by atoms with E-state index in [9.17, 15) is 9.35 Å². The summed E-state index contributed by atoms with van der Waals surface area (Å²) < 4.78 is 11.4. The number of carbonyl (C=O) groups excluding carboxylic acids is 1. The van der Waals surface area contributed by atoms with Crippen molar-refractivity contribution in [3.05, 3.63) is 35.6 Å². The van der Waals surface area contributed by atoms with Crippen molar-refractivity contribution in [2.45, 2.75) is 12.8 Å².